The highest BCUT2D eigenvalue weighted by molar-refractivity contribution is 5.87. The summed E-state index contributed by atoms with van der Waals surface area (Å²) in [4.78, 5) is 34.4. The Balaban J connectivity index is 2.93. The third-order valence-electron chi connectivity index (χ3n) is 4.60. The summed E-state index contributed by atoms with van der Waals surface area (Å²) in [6, 6.07) is 8.99. The van der Waals surface area contributed by atoms with E-state index >= 15 is 0 Å². The van der Waals surface area contributed by atoms with Crippen LogP contribution >= 0.6 is 0 Å². The van der Waals surface area contributed by atoms with Crippen molar-refractivity contribution in [3.63, 3.8) is 0 Å². The summed E-state index contributed by atoms with van der Waals surface area (Å²) in [5, 5.41) is 0. The van der Waals surface area contributed by atoms with Gasteiger partial charge < -0.3 is 9.47 Å². The normalized spacial score (nSPS) is 12.5. The van der Waals surface area contributed by atoms with Crippen molar-refractivity contribution < 1.29 is 28.8 Å². The van der Waals surface area contributed by atoms with Gasteiger partial charge in [-0.2, -0.15) is 0 Å². The van der Waals surface area contributed by atoms with Gasteiger partial charge in [-0.15, -0.1) is 4.89 Å². The molecule has 0 saturated carbocycles. The predicted octanol–water partition coefficient (Wildman–Crippen LogP) is 6.07. The van der Waals surface area contributed by atoms with Gasteiger partial charge >= 0.3 is 11.9 Å². The maximum atomic E-state index is 12.0. The van der Waals surface area contributed by atoms with Crippen molar-refractivity contribution in [2.45, 2.75) is 77.9 Å². The van der Waals surface area contributed by atoms with Crippen molar-refractivity contribution in [3.8, 4) is 5.75 Å². The first-order valence-corrected chi connectivity index (χ1v) is 10.9. The highest BCUT2D eigenvalue weighted by Crippen LogP contribution is 2.27. The Kier molecular flexibility index (Phi) is 12.3. The fraction of sp³-hybridized carbons (Fsp3) is 0.520. The van der Waals surface area contributed by atoms with Crippen molar-refractivity contribution in [2.24, 2.45) is 0 Å². The molecule has 0 aromatic heterocycles. The van der Waals surface area contributed by atoms with E-state index in [0.717, 1.165) is 25.7 Å². The van der Waals surface area contributed by atoms with Crippen LogP contribution in [0.4, 0.5) is 0 Å². The molecule has 1 aromatic rings. The average molecular weight is 433 g/mol. The van der Waals surface area contributed by atoms with Crippen LogP contribution in [0.3, 0.4) is 0 Å². The molecule has 0 bridgehead atoms. The van der Waals surface area contributed by atoms with Gasteiger partial charge in [-0.3, -0.25) is 4.89 Å². The van der Waals surface area contributed by atoms with Gasteiger partial charge in [0, 0.05) is 17.6 Å². The lowest BCUT2D eigenvalue weighted by Gasteiger charge is -2.31. The highest BCUT2D eigenvalue weighted by Gasteiger charge is 2.38. The van der Waals surface area contributed by atoms with Gasteiger partial charge in [0.1, 0.15) is 5.75 Å². The summed E-state index contributed by atoms with van der Waals surface area (Å²) in [6.45, 7) is 12.2. The number of rotatable bonds is 16. The van der Waals surface area contributed by atoms with Crippen LogP contribution in [0, 0.1) is 0 Å². The maximum Gasteiger partial charge on any atom is 0.368 e. The van der Waals surface area contributed by atoms with Gasteiger partial charge in [0.05, 0.1) is 0 Å². The third-order valence-corrected chi connectivity index (χ3v) is 4.60. The summed E-state index contributed by atoms with van der Waals surface area (Å²) in [5.74, 6) is -2.27. The molecule has 0 aliphatic carbocycles. The summed E-state index contributed by atoms with van der Waals surface area (Å²) in [7, 11) is 0. The zero-order valence-electron chi connectivity index (χ0n) is 19.1. The Bertz CT molecular complexity index is 680. The van der Waals surface area contributed by atoms with Crippen molar-refractivity contribution in [2.75, 3.05) is 6.61 Å². The first-order valence-electron chi connectivity index (χ1n) is 10.9. The number of para-hydroxylation sites is 1. The molecule has 1 unspecified atom stereocenters. The van der Waals surface area contributed by atoms with E-state index < -0.39 is 17.7 Å². The van der Waals surface area contributed by atoms with Crippen molar-refractivity contribution in [1.82, 2.24) is 0 Å². The lowest BCUT2D eigenvalue weighted by atomic mass is 10.0. The molecule has 0 fully saturated rings. The SMILES string of the molecule is C=C(C)C(=O)OCC(CCCCCCCCC)(OOC(=O)C(=C)C)Oc1ccccc1. The molecule has 1 atom stereocenters. The van der Waals surface area contributed by atoms with E-state index in [1.165, 1.54) is 26.2 Å². The van der Waals surface area contributed by atoms with Gasteiger partial charge in [0.15, 0.2) is 6.61 Å². The summed E-state index contributed by atoms with van der Waals surface area (Å²) in [6.07, 6.45) is 7.95. The van der Waals surface area contributed by atoms with E-state index in [0.29, 0.717) is 12.2 Å². The number of benzene rings is 1. The molecular formula is C25H36O6. The zero-order chi connectivity index (χ0) is 23.1. The summed E-state index contributed by atoms with van der Waals surface area (Å²) >= 11 is 0. The first kappa shape index (κ1) is 26.4. The highest BCUT2D eigenvalue weighted by atomic mass is 17.2. The number of esters is 1. The van der Waals surface area contributed by atoms with E-state index in [1.807, 2.05) is 18.2 Å². The van der Waals surface area contributed by atoms with Crippen molar-refractivity contribution in [1.29, 1.82) is 0 Å². The van der Waals surface area contributed by atoms with Gasteiger partial charge in [-0.1, -0.05) is 76.8 Å². The second-order valence-electron chi connectivity index (χ2n) is 7.79. The molecule has 0 spiro atoms. The molecule has 6 nitrogen and oxygen atoms in total. The third kappa shape index (κ3) is 10.8. The quantitative estimate of drug-likeness (QED) is 0.0788. The van der Waals surface area contributed by atoms with Gasteiger partial charge in [-0.25, -0.2) is 9.59 Å². The van der Waals surface area contributed by atoms with Gasteiger partial charge in [0.25, 0.3) is 5.79 Å². The molecule has 0 heterocycles. The number of hydrogen-bond acceptors (Lipinski definition) is 6. The summed E-state index contributed by atoms with van der Waals surface area (Å²) < 4.78 is 11.4. The summed E-state index contributed by atoms with van der Waals surface area (Å²) in [5.41, 5.74) is 0.437. The molecule has 1 aromatic carbocycles. The first-order chi connectivity index (χ1) is 14.8. The molecule has 0 radical (unpaired) electrons. The number of ether oxygens (including phenoxy) is 2. The standard InChI is InChI=1S/C25H36O6/c1-6-7-8-9-10-11-15-18-25(19-28-23(26)20(2)3,31-30-24(27)21(4)5)29-22-16-13-12-14-17-22/h12-14,16-17H,2,4,6-11,15,18-19H2,1,3,5H3. The predicted molar refractivity (Wildman–Crippen MR) is 120 cm³/mol. The van der Waals surface area contributed by atoms with E-state index in [-0.39, 0.29) is 17.8 Å². The van der Waals surface area contributed by atoms with Crippen LogP contribution in [0.15, 0.2) is 54.6 Å². The van der Waals surface area contributed by atoms with Gasteiger partial charge in [0.2, 0.25) is 0 Å². The molecule has 172 valence electrons. The smallest absolute Gasteiger partial charge is 0.368 e. The van der Waals surface area contributed by atoms with Crippen molar-refractivity contribution >= 4 is 11.9 Å². The number of carbonyl (C=O) groups excluding carboxylic acids is 2. The Morgan fingerprint density at radius 1 is 0.871 bits per heavy atom. The molecule has 0 aliphatic heterocycles. The monoisotopic (exact) mass is 432 g/mol. The Morgan fingerprint density at radius 3 is 2.03 bits per heavy atom. The fourth-order valence-electron chi connectivity index (χ4n) is 2.77. The van der Waals surface area contributed by atoms with Crippen LogP contribution in [-0.2, 0) is 24.1 Å². The second-order valence-corrected chi connectivity index (χ2v) is 7.79. The molecule has 0 N–H and O–H groups in total. The van der Waals surface area contributed by atoms with Crippen LogP contribution < -0.4 is 4.74 Å². The molecule has 0 saturated heterocycles. The number of hydrogen-bond donors (Lipinski definition) is 0. The van der Waals surface area contributed by atoms with Gasteiger partial charge in [-0.05, 0) is 32.4 Å². The minimum Gasteiger partial charge on any atom is -0.455 e. The average Bonchev–Trinajstić information content (AvgIpc) is 2.75. The van der Waals surface area contributed by atoms with E-state index in [2.05, 4.69) is 20.1 Å². The Labute approximate surface area is 186 Å². The lowest BCUT2D eigenvalue weighted by molar-refractivity contribution is -0.391. The second kappa shape index (κ2) is 14.4. The Hall–Kier alpha value is -2.60. The molecule has 0 aliphatic rings. The van der Waals surface area contributed by atoms with E-state index in [1.54, 1.807) is 19.1 Å². The zero-order valence-corrected chi connectivity index (χ0v) is 19.1. The fourth-order valence-corrected chi connectivity index (χ4v) is 2.77. The Morgan fingerprint density at radius 2 is 1.45 bits per heavy atom. The van der Waals surface area contributed by atoms with Crippen LogP contribution in [0.25, 0.3) is 0 Å². The van der Waals surface area contributed by atoms with Crippen LogP contribution in [0.1, 0.15) is 72.1 Å². The van der Waals surface area contributed by atoms with Crippen LogP contribution in [-0.4, -0.2) is 24.3 Å². The van der Waals surface area contributed by atoms with Crippen LogP contribution in [0.2, 0.25) is 0 Å². The van der Waals surface area contributed by atoms with Crippen molar-refractivity contribution in [3.05, 3.63) is 54.6 Å². The molecule has 31 heavy (non-hydrogen) atoms. The van der Waals surface area contributed by atoms with Crippen LogP contribution in [0.5, 0.6) is 5.75 Å². The number of unbranched alkanes of at least 4 members (excludes halogenated alkanes) is 6. The largest absolute Gasteiger partial charge is 0.455 e. The lowest BCUT2D eigenvalue weighted by Crippen LogP contribution is -2.45. The number of carbonyl (C=O) groups is 2. The minimum atomic E-state index is -1.49. The maximum absolute atomic E-state index is 12.0. The van der Waals surface area contributed by atoms with E-state index in [9.17, 15) is 9.59 Å². The van der Waals surface area contributed by atoms with E-state index in [4.69, 9.17) is 19.2 Å². The molecule has 1 rings (SSSR count). The molecule has 6 heteroatoms. The molecule has 0 amide bonds. The topological polar surface area (TPSA) is 71.1 Å². The molecular weight excluding hydrogens is 396 g/mol. The minimum absolute atomic E-state index is 0.184.